The molecule has 4 heteroatoms. The van der Waals surface area contributed by atoms with Crippen LogP contribution in [-0.4, -0.2) is 36.4 Å². The first-order chi connectivity index (χ1) is 7.04. The molecule has 1 aliphatic rings. The zero-order valence-electron chi connectivity index (χ0n) is 9.75. The molecule has 0 aliphatic heterocycles. The zero-order valence-corrected chi connectivity index (χ0v) is 9.75. The second-order valence-corrected chi connectivity index (χ2v) is 4.41. The first-order valence-electron chi connectivity index (χ1n) is 5.56. The number of β-amino-alcohol motifs (C(OH)–C–C–N with tert-alkyl or cyclic N) is 1. The molecular formula is C11H21NO3. The second kappa shape index (κ2) is 4.94. The van der Waals surface area contributed by atoms with Gasteiger partial charge in [0, 0.05) is 6.54 Å². The highest BCUT2D eigenvalue weighted by atomic mass is 16.5. The van der Waals surface area contributed by atoms with Gasteiger partial charge in [-0.3, -0.25) is 10.1 Å². The summed E-state index contributed by atoms with van der Waals surface area (Å²) in [6.45, 7) is 4.22. The third kappa shape index (κ3) is 2.92. The quantitative estimate of drug-likeness (QED) is 0.640. The van der Waals surface area contributed by atoms with Gasteiger partial charge in [-0.15, -0.1) is 0 Å². The predicted molar refractivity (Wildman–Crippen MR) is 57.4 cm³/mol. The number of hydrogen-bond acceptors (Lipinski definition) is 4. The van der Waals surface area contributed by atoms with Gasteiger partial charge >= 0.3 is 5.97 Å². The Kier molecular flexibility index (Phi) is 4.11. The number of esters is 1. The number of ether oxygens (including phenoxy) is 1. The van der Waals surface area contributed by atoms with Gasteiger partial charge in [-0.25, -0.2) is 0 Å². The molecule has 88 valence electrons. The molecule has 0 spiro atoms. The van der Waals surface area contributed by atoms with Crippen LogP contribution >= 0.6 is 0 Å². The third-order valence-electron chi connectivity index (χ3n) is 3.18. The molecule has 1 fully saturated rings. The smallest absolute Gasteiger partial charge is 0.326 e. The number of nitrogens with one attached hydrogen (secondary N) is 1. The van der Waals surface area contributed by atoms with E-state index in [-0.39, 0.29) is 5.97 Å². The number of rotatable bonds is 6. The van der Waals surface area contributed by atoms with Crippen LogP contribution in [0, 0.1) is 5.92 Å². The molecule has 0 aromatic carbocycles. The Bertz CT molecular complexity index is 228. The zero-order chi connectivity index (χ0) is 11.5. The molecule has 0 bridgehead atoms. The lowest BCUT2D eigenvalue weighted by Crippen LogP contribution is -2.54. The minimum atomic E-state index is -0.620. The summed E-state index contributed by atoms with van der Waals surface area (Å²) in [6.07, 6.45) is 2.41. The van der Waals surface area contributed by atoms with Crippen molar-refractivity contribution in [3.05, 3.63) is 0 Å². The van der Waals surface area contributed by atoms with Crippen LogP contribution in [0.4, 0.5) is 0 Å². The maximum atomic E-state index is 11.6. The summed E-state index contributed by atoms with van der Waals surface area (Å²) >= 11 is 0. The van der Waals surface area contributed by atoms with Crippen LogP contribution in [0.15, 0.2) is 0 Å². The van der Waals surface area contributed by atoms with Crippen molar-refractivity contribution in [1.82, 2.24) is 5.32 Å². The Balaban J connectivity index is 2.53. The van der Waals surface area contributed by atoms with Crippen molar-refractivity contribution in [2.45, 2.75) is 44.8 Å². The fourth-order valence-electron chi connectivity index (χ4n) is 1.73. The minimum absolute atomic E-state index is 0.228. The molecule has 0 radical (unpaired) electrons. The van der Waals surface area contributed by atoms with Crippen molar-refractivity contribution in [2.24, 2.45) is 5.92 Å². The van der Waals surface area contributed by atoms with Gasteiger partial charge in [0.15, 0.2) is 0 Å². The highest BCUT2D eigenvalue weighted by Crippen LogP contribution is 2.40. The SMILES string of the molecule is CC[C@@H](O)CNC(C)(C(=O)OC)C1CC1. The first-order valence-corrected chi connectivity index (χ1v) is 5.56. The highest BCUT2D eigenvalue weighted by molar-refractivity contribution is 5.81. The number of aliphatic hydroxyl groups excluding tert-OH is 1. The lowest BCUT2D eigenvalue weighted by Gasteiger charge is -2.29. The van der Waals surface area contributed by atoms with Gasteiger partial charge in [-0.2, -0.15) is 0 Å². The molecule has 0 aromatic rings. The summed E-state index contributed by atoms with van der Waals surface area (Å²) in [4.78, 5) is 11.6. The van der Waals surface area contributed by atoms with E-state index in [1.54, 1.807) is 0 Å². The largest absolute Gasteiger partial charge is 0.468 e. The van der Waals surface area contributed by atoms with Crippen LogP contribution in [0.3, 0.4) is 0 Å². The Hall–Kier alpha value is -0.610. The fourth-order valence-corrected chi connectivity index (χ4v) is 1.73. The maximum absolute atomic E-state index is 11.6. The van der Waals surface area contributed by atoms with Crippen LogP contribution in [-0.2, 0) is 9.53 Å². The normalized spacial score (nSPS) is 21.9. The number of methoxy groups -OCH3 is 1. The van der Waals surface area contributed by atoms with Gasteiger partial charge in [0.2, 0.25) is 0 Å². The van der Waals surface area contributed by atoms with Crippen LogP contribution in [0.2, 0.25) is 0 Å². The maximum Gasteiger partial charge on any atom is 0.326 e. The van der Waals surface area contributed by atoms with Crippen molar-refractivity contribution in [2.75, 3.05) is 13.7 Å². The lowest BCUT2D eigenvalue weighted by molar-refractivity contribution is -0.149. The van der Waals surface area contributed by atoms with Crippen molar-refractivity contribution < 1.29 is 14.6 Å². The van der Waals surface area contributed by atoms with Gasteiger partial charge < -0.3 is 9.84 Å². The fraction of sp³-hybridized carbons (Fsp3) is 0.909. The molecule has 1 aliphatic carbocycles. The Morgan fingerprint density at radius 2 is 2.27 bits per heavy atom. The molecular weight excluding hydrogens is 194 g/mol. The van der Waals surface area contributed by atoms with E-state index in [9.17, 15) is 9.90 Å². The molecule has 0 aromatic heterocycles. The van der Waals surface area contributed by atoms with Gasteiger partial charge in [0.1, 0.15) is 5.54 Å². The standard InChI is InChI=1S/C11H21NO3/c1-4-9(13)7-12-11(2,8-5-6-8)10(14)15-3/h8-9,12-13H,4-7H2,1-3H3/t9-,11?/m1/s1. The van der Waals surface area contributed by atoms with Crippen LogP contribution in [0.25, 0.3) is 0 Å². The van der Waals surface area contributed by atoms with Gasteiger partial charge in [-0.05, 0) is 32.1 Å². The predicted octanol–water partition coefficient (Wildman–Crippen LogP) is 0.689. The van der Waals surface area contributed by atoms with E-state index in [2.05, 4.69) is 5.32 Å². The topological polar surface area (TPSA) is 58.6 Å². The van der Waals surface area contributed by atoms with Crippen LogP contribution < -0.4 is 5.32 Å². The molecule has 0 amide bonds. The highest BCUT2D eigenvalue weighted by Gasteiger charge is 2.47. The van der Waals surface area contributed by atoms with Crippen molar-refractivity contribution in [1.29, 1.82) is 0 Å². The summed E-state index contributed by atoms with van der Waals surface area (Å²) in [5, 5.41) is 12.6. The van der Waals surface area contributed by atoms with Crippen LogP contribution in [0.1, 0.15) is 33.1 Å². The van der Waals surface area contributed by atoms with Gasteiger partial charge in [-0.1, -0.05) is 6.92 Å². The second-order valence-electron chi connectivity index (χ2n) is 4.41. The molecule has 0 heterocycles. The summed E-state index contributed by atoms with van der Waals surface area (Å²) in [7, 11) is 1.40. The molecule has 1 unspecified atom stereocenters. The van der Waals surface area contributed by atoms with E-state index < -0.39 is 11.6 Å². The summed E-state index contributed by atoms with van der Waals surface area (Å²) in [6, 6.07) is 0. The minimum Gasteiger partial charge on any atom is -0.468 e. The van der Waals surface area contributed by atoms with E-state index in [4.69, 9.17) is 4.74 Å². The van der Waals surface area contributed by atoms with E-state index >= 15 is 0 Å². The van der Waals surface area contributed by atoms with Crippen molar-refractivity contribution in [3.63, 3.8) is 0 Å². The van der Waals surface area contributed by atoms with Crippen molar-refractivity contribution in [3.8, 4) is 0 Å². The molecule has 4 nitrogen and oxygen atoms in total. The molecule has 15 heavy (non-hydrogen) atoms. The van der Waals surface area contributed by atoms with Gasteiger partial charge in [0.05, 0.1) is 13.2 Å². The summed E-state index contributed by atoms with van der Waals surface area (Å²) in [5.74, 6) is 0.127. The number of hydrogen-bond donors (Lipinski definition) is 2. The molecule has 1 saturated carbocycles. The summed E-state index contributed by atoms with van der Waals surface area (Å²) < 4.78 is 4.80. The lowest BCUT2D eigenvalue weighted by atomic mass is 9.95. The van der Waals surface area contributed by atoms with E-state index in [0.717, 1.165) is 12.8 Å². The average molecular weight is 215 g/mol. The first kappa shape index (κ1) is 12.5. The van der Waals surface area contributed by atoms with Crippen LogP contribution in [0.5, 0.6) is 0 Å². The number of aliphatic hydroxyl groups is 1. The van der Waals surface area contributed by atoms with E-state index in [1.165, 1.54) is 7.11 Å². The summed E-state index contributed by atoms with van der Waals surface area (Å²) in [5.41, 5.74) is -0.620. The monoisotopic (exact) mass is 215 g/mol. The van der Waals surface area contributed by atoms with E-state index in [0.29, 0.717) is 18.9 Å². The number of carbonyl (C=O) groups is 1. The molecule has 0 saturated heterocycles. The van der Waals surface area contributed by atoms with Gasteiger partial charge in [0.25, 0.3) is 0 Å². The molecule has 1 rings (SSSR count). The Morgan fingerprint density at radius 1 is 1.67 bits per heavy atom. The van der Waals surface area contributed by atoms with Crippen molar-refractivity contribution >= 4 is 5.97 Å². The third-order valence-corrected chi connectivity index (χ3v) is 3.18. The Labute approximate surface area is 91.0 Å². The Morgan fingerprint density at radius 3 is 2.67 bits per heavy atom. The molecule has 2 N–H and O–H groups in total. The molecule has 2 atom stereocenters. The average Bonchev–Trinajstić information content (AvgIpc) is 3.07. The number of carbonyl (C=O) groups excluding carboxylic acids is 1. The van der Waals surface area contributed by atoms with E-state index in [1.807, 2.05) is 13.8 Å².